The van der Waals surface area contributed by atoms with Gasteiger partial charge in [0, 0.05) is 23.0 Å². The number of anilines is 2. The predicted molar refractivity (Wildman–Crippen MR) is 114 cm³/mol. The second-order valence-electron chi connectivity index (χ2n) is 7.10. The quantitative estimate of drug-likeness (QED) is 0.554. The van der Waals surface area contributed by atoms with E-state index in [4.69, 9.17) is 0 Å². The summed E-state index contributed by atoms with van der Waals surface area (Å²) in [5, 5.41) is 5.77. The van der Waals surface area contributed by atoms with Gasteiger partial charge >= 0.3 is 5.97 Å². The van der Waals surface area contributed by atoms with Crippen LogP contribution in [-0.2, 0) is 19.6 Å². The largest absolute Gasteiger partial charge is 0.468 e. The number of ether oxygens (including phenoxy) is 1. The molecule has 0 heterocycles. The second kappa shape index (κ2) is 9.62. The molecule has 2 aromatic carbocycles. The molecular weight excluding hydrogens is 406 g/mol. The molecular formula is C21H25N3O5S. The molecule has 0 radical (unpaired) electrons. The Balaban J connectivity index is 1.90. The summed E-state index contributed by atoms with van der Waals surface area (Å²) in [6.07, 6.45) is 4.20. The number of benzene rings is 2. The molecule has 3 N–H and O–H groups in total. The Kier molecular flexibility index (Phi) is 6.94. The van der Waals surface area contributed by atoms with Crippen molar-refractivity contribution in [2.24, 2.45) is 0 Å². The van der Waals surface area contributed by atoms with Gasteiger partial charge in [-0.2, -0.15) is 0 Å². The number of carbonyl (C=O) groups is 2. The Morgan fingerprint density at radius 3 is 2.40 bits per heavy atom. The van der Waals surface area contributed by atoms with Gasteiger partial charge in [-0.1, -0.05) is 31.0 Å². The third kappa shape index (κ3) is 5.73. The fourth-order valence-electron chi connectivity index (χ4n) is 3.32. The fraction of sp³-hybridized carbons (Fsp3) is 0.333. The molecule has 30 heavy (non-hydrogen) atoms. The van der Waals surface area contributed by atoms with Crippen LogP contribution >= 0.6 is 0 Å². The number of amides is 1. The van der Waals surface area contributed by atoms with E-state index >= 15 is 0 Å². The molecule has 3 rings (SSSR count). The van der Waals surface area contributed by atoms with E-state index in [-0.39, 0.29) is 23.0 Å². The number of nitrogens with one attached hydrogen (secondary N) is 3. The number of hydrogen-bond acceptors (Lipinski definition) is 6. The Hall–Kier alpha value is -3.07. The molecule has 160 valence electrons. The predicted octanol–water partition coefficient (Wildman–Crippen LogP) is 2.74. The van der Waals surface area contributed by atoms with Crippen molar-refractivity contribution in [2.75, 3.05) is 23.7 Å². The molecule has 1 fully saturated rings. The molecule has 0 atom stereocenters. The van der Waals surface area contributed by atoms with Gasteiger partial charge in [-0.15, -0.1) is 0 Å². The van der Waals surface area contributed by atoms with Crippen LogP contribution in [0.2, 0.25) is 0 Å². The summed E-state index contributed by atoms with van der Waals surface area (Å²) in [6.45, 7) is -0.306. The van der Waals surface area contributed by atoms with E-state index in [1.807, 2.05) is 0 Å². The molecule has 0 unspecified atom stereocenters. The molecule has 1 amide bonds. The van der Waals surface area contributed by atoms with Crippen molar-refractivity contribution in [1.82, 2.24) is 5.32 Å². The highest BCUT2D eigenvalue weighted by atomic mass is 32.2. The zero-order valence-corrected chi connectivity index (χ0v) is 17.5. The van der Waals surface area contributed by atoms with Gasteiger partial charge in [0.1, 0.15) is 6.54 Å². The second-order valence-corrected chi connectivity index (χ2v) is 8.78. The average molecular weight is 432 g/mol. The molecule has 9 heteroatoms. The van der Waals surface area contributed by atoms with Crippen LogP contribution in [0.5, 0.6) is 0 Å². The van der Waals surface area contributed by atoms with E-state index < -0.39 is 21.9 Å². The highest BCUT2D eigenvalue weighted by Gasteiger charge is 2.21. The third-order valence-corrected chi connectivity index (χ3v) is 6.21. The van der Waals surface area contributed by atoms with Crippen molar-refractivity contribution >= 4 is 33.3 Å². The summed E-state index contributed by atoms with van der Waals surface area (Å²) in [5.74, 6) is -1.16. The maximum Gasteiger partial charge on any atom is 0.325 e. The molecule has 1 aliphatic rings. The van der Waals surface area contributed by atoms with Crippen molar-refractivity contribution in [2.45, 2.75) is 36.6 Å². The Bertz CT molecular complexity index is 1000. The van der Waals surface area contributed by atoms with Crippen LogP contribution in [0.4, 0.5) is 11.4 Å². The summed E-state index contributed by atoms with van der Waals surface area (Å²) in [7, 11) is -2.70. The summed E-state index contributed by atoms with van der Waals surface area (Å²) < 4.78 is 32.9. The normalized spacial score (nSPS) is 14.2. The lowest BCUT2D eigenvalue weighted by Crippen LogP contribution is -2.30. The van der Waals surface area contributed by atoms with E-state index in [0.717, 1.165) is 25.7 Å². The summed E-state index contributed by atoms with van der Waals surface area (Å²) in [4.78, 5) is 23.8. The smallest absolute Gasteiger partial charge is 0.325 e. The Morgan fingerprint density at radius 1 is 1.03 bits per heavy atom. The van der Waals surface area contributed by atoms with Crippen molar-refractivity contribution in [3.8, 4) is 0 Å². The molecule has 0 saturated heterocycles. The summed E-state index contributed by atoms with van der Waals surface area (Å²) in [6, 6.07) is 13.1. The van der Waals surface area contributed by atoms with Crippen LogP contribution < -0.4 is 15.4 Å². The topological polar surface area (TPSA) is 114 Å². The fourth-order valence-corrected chi connectivity index (χ4v) is 4.45. The Labute approximate surface area is 176 Å². The Morgan fingerprint density at radius 2 is 1.73 bits per heavy atom. The van der Waals surface area contributed by atoms with Gasteiger partial charge < -0.3 is 15.4 Å². The summed E-state index contributed by atoms with van der Waals surface area (Å²) >= 11 is 0. The first-order valence-corrected chi connectivity index (χ1v) is 11.2. The molecule has 8 nitrogen and oxygen atoms in total. The van der Waals surface area contributed by atoms with Gasteiger partial charge in [0.05, 0.1) is 12.0 Å². The van der Waals surface area contributed by atoms with Gasteiger partial charge in [0.25, 0.3) is 15.9 Å². The van der Waals surface area contributed by atoms with E-state index in [1.165, 1.54) is 19.2 Å². The first kappa shape index (κ1) is 21.6. The van der Waals surface area contributed by atoms with E-state index in [2.05, 4.69) is 20.1 Å². The molecule has 0 spiro atoms. The van der Waals surface area contributed by atoms with Crippen molar-refractivity contribution < 1.29 is 22.7 Å². The highest BCUT2D eigenvalue weighted by Crippen LogP contribution is 2.26. The van der Waals surface area contributed by atoms with Crippen molar-refractivity contribution in [3.05, 3.63) is 54.1 Å². The van der Waals surface area contributed by atoms with Crippen LogP contribution in [-0.4, -0.2) is 40.0 Å². The van der Waals surface area contributed by atoms with Crippen LogP contribution in [0, 0.1) is 0 Å². The van der Waals surface area contributed by atoms with Gasteiger partial charge in [0.15, 0.2) is 0 Å². The molecule has 1 saturated carbocycles. The number of hydrogen-bond donors (Lipinski definition) is 3. The standard InChI is InChI=1S/C21H25N3O5S/c1-29-20(25)14-22-21(26)15-11-18(23-16-7-5-6-8-16)13-19(12-15)30(27,28)24-17-9-3-2-4-10-17/h2-4,9-13,16,23-24H,5-8,14H2,1H3,(H,22,26). The summed E-state index contributed by atoms with van der Waals surface area (Å²) in [5.41, 5.74) is 1.10. The molecule has 0 aliphatic heterocycles. The van der Waals surface area contributed by atoms with Crippen LogP contribution in [0.1, 0.15) is 36.0 Å². The van der Waals surface area contributed by atoms with Crippen LogP contribution in [0.15, 0.2) is 53.4 Å². The molecule has 1 aliphatic carbocycles. The van der Waals surface area contributed by atoms with E-state index in [0.29, 0.717) is 11.4 Å². The van der Waals surface area contributed by atoms with E-state index in [1.54, 1.807) is 36.4 Å². The first-order chi connectivity index (χ1) is 14.4. The van der Waals surface area contributed by atoms with Gasteiger partial charge in [-0.25, -0.2) is 8.42 Å². The number of esters is 1. The zero-order valence-electron chi connectivity index (χ0n) is 16.7. The lowest BCUT2D eigenvalue weighted by Gasteiger charge is -2.17. The number of para-hydroxylation sites is 1. The minimum atomic E-state index is -3.92. The third-order valence-electron chi connectivity index (χ3n) is 4.85. The minimum Gasteiger partial charge on any atom is -0.468 e. The average Bonchev–Trinajstić information content (AvgIpc) is 3.25. The number of sulfonamides is 1. The van der Waals surface area contributed by atoms with Gasteiger partial charge in [-0.05, 0) is 43.2 Å². The van der Waals surface area contributed by atoms with Crippen molar-refractivity contribution in [1.29, 1.82) is 0 Å². The van der Waals surface area contributed by atoms with E-state index in [9.17, 15) is 18.0 Å². The first-order valence-electron chi connectivity index (χ1n) is 9.72. The number of methoxy groups -OCH3 is 1. The maximum absolute atomic E-state index is 12.9. The monoisotopic (exact) mass is 431 g/mol. The molecule has 0 aromatic heterocycles. The van der Waals surface area contributed by atoms with Gasteiger partial charge in [0.2, 0.25) is 0 Å². The lowest BCUT2D eigenvalue weighted by molar-refractivity contribution is -0.139. The molecule has 2 aromatic rings. The minimum absolute atomic E-state index is 0.0439. The number of carbonyl (C=O) groups excluding carboxylic acids is 2. The SMILES string of the molecule is COC(=O)CNC(=O)c1cc(NC2CCCC2)cc(S(=O)(=O)Nc2ccccc2)c1. The highest BCUT2D eigenvalue weighted by molar-refractivity contribution is 7.92. The zero-order chi connectivity index (χ0) is 21.6. The number of rotatable bonds is 8. The van der Waals surface area contributed by atoms with Crippen LogP contribution in [0.25, 0.3) is 0 Å². The van der Waals surface area contributed by atoms with Crippen molar-refractivity contribution in [3.63, 3.8) is 0 Å². The lowest BCUT2D eigenvalue weighted by atomic mass is 10.1. The van der Waals surface area contributed by atoms with Gasteiger partial charge in [-0.3, -0.25) is 14.3 Å². The van der Waals surface area contributed by atoms with Crippen LogP contribution in [0.3, 0.4) is 0 Å². The maximum atomic E-state index is 12.9. The molecule has 0 bridgehead atoms.